The molecule has 0 bridgehead atoms. The second-order valence-corrected chi connectivity index (χ2v) is 5.09. The van der Waals surface area contributed by atoms with Crippen molar-refractivity contribution in [1.82, 2.24) is 0 Å². The summed E-state index contributed by atoms with van der Waals surface area (Å²) >= 11 is 9.21. The fourth-order valence-corrected chi connectivity index (χ4v) is 2.13. The summed E-state index contributed by atoms with van der Waals surface area (Å²) in [7, 11) is 0. The highest BCUT2D eigenvalue weighted by molar-refractivity contribution is 9.10. The van der Waals surface area contributed by atoms with Gasteiger partial charge in [0.2, 0.25) is 0 Å². The maximum Gasteiger partial charge on any atom is 0.337 e. The third kappa shape index (κ3) is 3.49. The van der Waals surface area contributed by atoms with E-state index < -0.39 is 5.97 Å². The van der Waals surface area contributed by atoms with Crippen LogP contribution in [0.4, 0.5) is 0 Å². The average Bonchev–Trinajstić information content (AvgIpc) is 2.39. The molecule has 0 fully saturated rings. The number of halogens is 2. The molecule has 0 atom stereocenters. The van der Waals surface area contributed by atoms with Crippen molar-refractivity contribution in [2.45, 2.75) is 6.61 Å². The molecule has 1 N–H and O–H groups in total. The van der Waals surface area contributed by atoms with Crippen LogP contribution < -0.4 is 4.74 Å². The van der Waals surface area contributed by atoms with Crippen LogP contribution in [-0.2, 0) is 6.61 Å². The van der Waals surface area contributed by atoms with E-state index in [1.165, 1.54) is 12.1 Å². The Morgan fingerprint density at radius 2 is 2.00 bits per heavy atom. The van der Waals surface area contributed by atoms with Crippen molar-refractivity contribution in [3.63, 3.8) is 0 Å². The molecule has 19 heavy (non-hydrogen) atoms. The average molecular weight is 342 g/mol. The summed E-state index contributed by atoms with van der Waals surface area (Å²) in [6.45, 7) is 0.349. The molecular weight excluding hydrogens is 332 g/mol. The molecule has 0 unspecified atom stereocenters. The zero-order valence-corrected chi connectivity index (χ0v) is 12.1. The van der Waals surface area contributed by atoms with Crippen LogP contribution in [-0.4, -0.2) is 11.1 Å². The monoisotopic (exact) mass is 340 g/mol. The Morgan fingerprint density at radius 3 is 2.68 bits per heavy atom. The van der Waals surface area contributed by atoms with Gasteiger partial charge in [-0.05, 0) is 24.3 Å². The molecular formula is C14H10BrClO3. The Bertz CT molecular complexity index is 613. The van der Waals surface area contributed by atoms with Crippen LogP contribution in [0.2, 0.25) is 5.02 Å². The molecule has 0 aromatic heterocycles. The van der Waals surface area contributed by atoms with Gasteiger partial charge in [0, 0.05) is 10.0 Å². The second kappa shape index (κ2) is 6.08. The minimum absolute atomic E-state index is 0.0336. The second-order valence-electron chi connectivity index (χ2n) is 3.83. The maximum absolute atomic E-state index is 11.0. The number of carboxylic acids is 1. The first kappa shape index (κ1) is 13.9. The van der Waals surface area contributed by atoms with Crippen LogP contribution >= 0.6 is 27.5 Å². The van der Waals surface area contributed by atoms with E-state index in [0.29, 0.717) is 12.4 Å². The summed E-state index contributed by atoms with van der Waals surface area (Å²) in [5, 5.41) is 9.17. The smallest absolute Gasteiger partial charge is 0.337 e. The first-order chi connectivity index (χ1) is 9.08. The van der Waals surface area contributed by atoms with Gasteiger partial charge < -0.3 is 9.84 Å². The molecule has 0 spiro atoms. The van der Waals surface area contributed by atoms with E-state index in [9.17, 15) is 4.79 Å². The zero-order valence-electron chi connectivity index (χ0n) is 9.77. The third-order valence-corrected chi connectivity index (χ3v) is 3.62. The fourth-order valence-electron chi connectivity index (χ4n) is 1.53. The van der Waals surface area contributed by atoms with Crippen molar-refractivity contribution >= 4 is 33.5 Å². The van der Waals surface area contributed by atoms with Crippen molar-refractivity contribution in [2.75, 3.05) is 0 Å². The maximum atomic E-state index is 11.0. The number of carboxylic acid groups (broad SMARTS) is 1. The molecule has 5 heteroatoms. The molecule has 98 valence electrons. The van der Waals surface area contributed by atoms with Crippen molar-refractivity contribution in [2.24, 2.45) is 0 Å². The van der Waals surface area contributed by atoms with Gasteiger partial charge in [0.15, 0.2) is 0 Å². The van der Waals surface area contributed by atoms with E-state index in [1.54, 1.807) is 6.07 Å². The molecule has 0 aliphatic rings. The number of ether oxygens (including phenoxy) is 1. The highest BCUT2D eigenvalue weighted by Crippen LogP contribution is 2.24. The predicted octanol–water partition coefficient (Wildman–Crippen LogP) is 4.38. The van der Waals surface area contributed by atoms with Crippen molar-refractivity contribution < 1.29 is 14.6 Å². The van der Waals surface area contributed by atoms with E-state index in [4.69, 9.17) is 21.4 Å². The molecule has 0 heterocycles. The number of benzene rings is 2. The molecule has 2 aromatic carbocycles. The SMILES string of the molecule is O=C(O)c1cc(OCc2ccccc2Br)ccc1Cl. The lowest BCUT2D eigenvalue weighted by molar-refractivity contribution is 0.0696. The van der Waals surface area contributed by atoms with E-state index in [1.807, 2.05) is 24.3 Å². The van der Waals surface area contributed by atoms with Crippen LogP contribution in [0.25, 0.3) is 0 Å². The lowest BCUT2D eigenvalue weighted by atomic mass is 10.2. The van der Waals surface area contributed by atoms with E-state index in [-0.39, 0.29) is 10.6 Å². The Hall–Kier alpha value is -1.52. The van der Waals surface area contributed by atoms with Gasteiger partial charge in [-0.1, -0.05) is 45.7 Å². The van der Waals surface area contributed by atoms with Gasteiger partial charge in [-0.3, -0.25) is 0 Å². The summed E-state index contributed by atoms with van der Waals surface area (Å²) < 4.78 is 6.51. The van der Waals surface area contributed by atoms with E-state index in [0.717, 1.165) is 10.0 Å². The van der Waals surface area contributed by atoms with Gasteiger partial charge in [0.25, 0.3) is 0 Å². The van der Waals surface area contributed by atoms with Crippen LogP contribution in [0.15, 0.2) is 46.9 Å². The predicted molar refractivity (Wildman–Crippen MR) is 76.9 cm³/mol. The summed E-state index contributed by atoms with van der Waals surface area (Å²) in [6, 6.07) is 12.3. The number of hydrogen-bond acceptors (Lipinski definition) is 2. The van der Waals surface area contributed by atoms with Crippen LogP contribution in [0.3, 0.4) is 0 Å². The topological polar surface area (TPSA) is 46.5 Å². The molecule has 3 nitrogen and oxygen atoms in total. The van der Waals surface area contributed by atoms with Gasteiger partial charge in [0.05, 0.1) is 10.6 Å². The zero-order chi connectivity index (χ0) is 13.8. The van der Waals surface area contributed by atoms with Crippen LogP contribution in [0, 0.1) is 0 Å². The Balaban J connectivity index is 2.14. The third-order valence-electron chi connectivity index (χ3n) is 2.52. The van der Waals surface area contributed by atoms with Gasteiger partial charge in [0.1, 0.15) is 12.4 Å². The van der Waals surface area contributed by atoms with Gasteiger partial charge in [-0.15, -0.1) is 0 Å². The Kier molecular flexibility index (Phi) is 4.45. The quantitative estimate of drug-likeness (QED) is 0.897. The molecule has 2 rings (SSSR count). The highest BCUT2D eigenvalue weighted by atomic mass is 79.9. The lowest BCUT2D eigenvalue weighted by Gasteiger charge is -2.09. The summed E-state index contributed by atoms with van der Waals surface area (Å²) in [5.41, 5.74) is 1.01. The van der Waals surface area contributed by atoms with Gasteiger partial charge >= 0.3 is 5.97 Å². The largest absolute Gasteiger partial charge is 0.489 e. The summed E-state index contributed by atoms with van der Waals surface area (Å²) in [6.07, 6.45) is 0. The Labute approximate surface area is 123 Å². The lowest BCUT2D eigenvalue weighted by Crippen LogP contribution is -2.00. The van der Waals surface area contributed by atoms with Crippen molar-refractivity contribution in [3.8, 4) is 5.75 Å². The minimum atomic E-state index is -1.07. The van der Waals surface area contributed by atoms with E-state index in [2.05, 4.69) is 15.9 Å². The number of aromatic carboxylic acids is 1. The fraction of sp³-hybridized carbons (Fsp3) is 0.0714. The first-order valence-corrected chi connectivity index (χ1v) is 6.64. The molecule has 0 aliphatic heterocycles. The Morgan fingerprint density at radius 1 is 1.26 bits per heavy atom. The van der Waals surface area contributed by atoms with Crippen LogP contribution in [0.5, 0.6) is 5.75 Å². The standard InChI is InChI=1S/C14H10BrClO3/c15-12-4-2-1-3-9(12)8-19-10-5-6-13(16)11(7-10)14(17)18/h1-7H,8H2,(H,17,18). The molecule has 2 aromatic rings. The molecule has 0 amide bonds. The molecule has 0 radical (unpaired) electrons. The van der Waals surface area contributed by atoms with Crippen molar-refractivity contribution in [3.05, 3.63) is 63.1 Å². The van der Waals surface area contributed by atoms with E-state index >= 15 is 0 Å². The summed E-state index contributed by atoms with van der Waals surface area (Å²) in [5.74, 6) is -0.603. The first-order valence-electron chi connectivity index (χ1n) is 5.47. The van der Waals surface area contributed by atoms with Gasteiger partial charge in [-0.25, -0.2) is 4.79 Å². The number of hydrogen-bond donors (Lipinski definition) is 1. The van der Waals surface area contributed by atoms with Crippen LogP contribution in [0.1, 0.15) is 15.9 Å². The van der Waals surface area contributed by atoms with Gasteiger partial charge in [-0.2, -0.15) is 0 Å². The molecule has 0 aliphatic carbocycles. The summed E-state index contributed by atoms with van der Waals surface area (Å²) in [4.78, 5) is 11.0. The van der Waals surface area contributed by atoms with Crippen molar-refractivity contribution in [1.29, 1.82) is 0 Å². The minimum Gasteiger partial charge on any atom is -0.489 e. The number of carbonyl (C=O) groups is 1. The number of rotatable bonds is 4. The highest BCUT2D eigenvalue weighted by Gasteiger charge is 2.10. The molecule has 0 saturated heterocycles. The normalized spacial score (nSPS) is 10.2. The molecule has 0 saturated carbocycles.